The summed E-state index contributed by atoms with van der Waals surface area (Å²) in [5, 5.41) is 13.1. The van der Waals surface area contributed by atoms with Crippen LogP contribution < -0.4 is 5.32 Å². The van der Waals surface area contributed by atoms with Gasteiger partial charge in [-0.15, -0.1) is 0 Å². The molecule has 2 aliphatic rings. The zero-order chi connectivity index (χ0) is 22.4. The van der Waals surface area contributed by atoms with Gasteiger partial charge in [-0.2, -0.15) is 0 Å². The highest BCUT2D eigenvalue weighted by atomic mass is 79.9. The van der Waals surface area contributed by atoms with Crippen molar-refractivity contribution in [3.05, 3.63) is 40.1 Å². The number of hydrogen-bond donors (Lipinski definition) is 2. The van der Waals surface area contributed by atoms with E-state index in [1.54, 1.807) is 0 Å². The molecular weight excluding hydrogens is 460 g/mol. The Morgan fingerprint density at radius 1 is 1.16 bits per heavy atom. The molecule has 31 heavy (non-hydrogen) atoms. The molecule has 0 unspecified atom stereocenters. The van der Waals surface area contributed by atoms with E-state index in [0.717, 1.165) is 42.9 Å². The van der Waals surface area contributed by atoms with E-state index in [1.165, 1.54) is 6.21 Å². The lowest BCUT2D eigenvalue weighted by molar-refractivity contribution is -0.118. The fourth-order valence-electron chi connectivity index (χ4n) is 3.91. The molecule has 0 saturated carbocycles. The minimum Gasteiger partial charge on any atom is -0.511 e. The summed E-state index contributed by atoms with van der Waals surface area (Å²) in [6.07, 6.45) is 2.49. The van der Waals surface area contributed by atoms with Crippen LogP contribution in [0.3, 0.4) is 0 Å². The van der Waals surface area contributed by atoms with Gasteiger partial charge in [0.1, 0.15) is 5.76 Å². The third-order valence-corrected chi connectivity index (χ3v) is 6.15. The Kier molecular flexibility index (Phi) is 8.02. The molecule has 7 nitrogen and oxygen atoms in total. The molecular formula is C23H31BrN4O3. The summed E-state index contributed by atoms with van der Waals surface area (Å²) >= 11 is 3.39. The standard InChI is InChI=1S/C23H31BrN4O3/c1-23(2)13-20(29)19(21(30)14-23)15-25-7-8-27-9-11-28(12-10-27)16-22(31)26-18-5-3-17(24)4-6-18/h3-6,15,29H,7-14,16H2,1-2H3,(H,26,31). The molecule has 0 aromatic heterocycles. The number of aliphatic hydroxyl groups is 1. The maximum atomic E-state index is 12.3. The quantitative estimate of drug-likeness (QED) is 0.572. The minimum atomic E-state index is -0.187. The molecule has 1 saturated heterocycles. The number of hydrogen-bond acceptors (Lipinski definition) is 6. The summed E-state index contributed by atoms with van der Waals surface area (Å²) in [5.41, 5.74) is 0.972. The van der Waals surface area contributed by atoms with Crippen LogP contribution in [0.4, 0.5) is 5.69 Å². The molecule has 0 bridgehead atoms. The third kappa shape index (κ3) is 7.26. The highest BCUT2D eigenvalue weighted by Gasteiger charge is 2.32. The highest BCUT2D eigenvalue weighted by Crippen LogP contribution is 2.35. The first-order valence-electron chi connectivity index (χ1n) is 10.7. The van der Waals surface area contributed by atoms with Gasteiger partial charge in [0.15, 0.2) is 5.78 Å². The van der Waals surface area contributed by atoms with E-state index in [0.29, 0.717) is 31.5 Å². The molecule has 0 spiro atoms. The summed E-state index contributed by atoms with van der Waals surface area (Å²) in [7, 11) is 0. The SMILES string of the molecule is CC1(C)CC(=O)C(C=NCCN2CCN(CC(=O)Nc3ccc(Br)cc3)CC2)=C(O)C1. The number of carbonyl (C=O) groups excluding carboxylic acids is 2. The summed E-state index contributed by atoms with van der Waals surface area (Å²) in [6.45, 7) is 9.14. The number of aliphatic imine (C=N–C) groups is 1. The topological polar surface area (TPSA) is 85.2 Å². The summed E-state index contributed by atoms with van der Waals surface area (Å²) in [5.74, 6) is 0.112. The van der Waals surface area contributed by atoms with Crippen molar-refractivity contribution in [3.8, 4) is 0 Å². The van der Waals surface area contributed by atoms with Crippen molar-refractivity contribution in [3.63, 3.8) is 0 Å². The van der Waals surface area contributed by atoms with Gasteiger partial charge in [0, 0.05) is 61.9 Å². The number of allylic oxidation sites excluding steroid dienone is 2. The predicted molar refractivity (Wildman–Crippen MR) is 127 cm³/mol. The Labute approximate surface area is 192 Å². The lowest BCUT2D eigenvalue weighted by atomic mass is 9.77. The smallest absolute Gasteiger partial charge is 0.238 e. The number of Topliss-reactive ketones (excluding diaryl/α,β-unsaturated/α-hetero) is 1. The van der Waals surface area contributed by atoms with E-state index >= 15 is 0 Å². The maximum absolute atomic E-state index is 12.3. The zero-order valence-corrected chi connectivity index (χ0v) is 19.8. The van der Waals surface area contributed by atoms with E-state index in [2.05, 4.69) is 36.0 Å². The van der Waals surface area contributed by atoms with Crippen LogP contribution >= 0.6 is 15.9 Å². The number of ketones is 1. The van der Waals surface area contributed by atoms with Crippen molar-refractivity contribution in [2.75, 3.05) is 51.1 Å². The monoisotopic (exact) mass is 490 g/mol. The Bertz CT molecular complexity index is 856. The van der Waals surface area contributed by atoms with Gasteiger partial charge in [0.2, 0.25) is 5.91 Å². The lowest BCUT2D eigenvalue weighted by Gasteiger charge is -2.33. The molecule has 2 N–H and O–H groups in total. The fourth-order valence-corrected chi connectivity index (χ4v) is 4.18. The van der Waals surface area contributed by atoms with Crippen LogP contribution in [0.15, 0.2) is 45.1 Å². The maximum Gasteiger partial charge on any atom is 0.238 e. The van der Waals surface area contributed by atoms with Crippen molar-refractivity contribution in [2.45, 2.75) is 26.7 Å². The molecule has 1 fully saturated rings. The Morgan fingerprint density at radius 2 is 1.81 bits per heavy atom. The van der Waals surface area contributed by atoms with Crippen LogP contribution in [-0.2, 0) is 9.59 Å². The Balaban J connectivity index is 1.36. The first-order chi connectivity index (χ1) is 14.7. The van der Waals surface area contributed by atoms with Gasteiger partial charge >= 0.3 is 0 Å². The number of anilines is 1. The van der Waals surface area contributed by atoms with Crippen LogP contribution in [0.5, 0.6) is 0 Å². The molecule has 8 heteroatoms. The Morgan fingerprint density at radius 3 is 2.45 bits per heavy atom. The highest BCUT2D eigenvalue weighted by molar-refractivity contribution is 9.10. The van der Waals surface area contributed by atoms with Gasteiger partial charge in [-0.1, -0.05) is 29.8 Å². The fraction of sp³-hybridized carbons (Fsp3) is 0.522. The van der Waals surface area contributed by atoms with E-state index in [9.17, 15) is 14.7 Å². The average molecular weight is 491 g/mol. The molecule has 1 amide bonds. The zero-order valence-electron chi connectivity index (χ0n) is 18.2. The molecule has 1 aromatic rings. The predicted octanol–water partition coefficient (Wildman–Crippen LogP) is 3.28. The summed E-state index contributed by atoms with van der Waals surface area (Å²) in [6, 6.07) is 7.55. The minimum absolute atomic E-state index is 0.00576. The number of halogens is 1. The van der Waals surface area contributed by atoms with E-state index in [1.807, 2.05) is 38.1 Å². The molecule has 1 heterocycles. The first-order valence-corrected chi connectivity index (χ1v) is 11.5. The molecule has 1 aliphatic heterocycles. The normalized spacial score (nSPS) is 20.4. The van der Waals surface area contributed by atoms with Crippen molar-refractivity contribution < 1.29 is 14.7 Å². The average Bonchev–Trinajstić information content (AvgIpc) is 2.69. The Hall–Kier alpha value is -2.03. The van der Waals surface area contributed by atoms with Crippen molar-refractivity contribution in [1.29, 1.82) is 0 Å². The van der Waals surface area contributed by atoms with Crippen molar-refractivity contribution >= 4 is 39.5 Å². The van der Waals surface area contributed by atoms with Crippen LogP contribution in [0.2, 0.25) is 0 Å². The number of rotatable bonds is 7. The second-order valence-corrected chi connectivity index (χ2v) is 9.93. The number of aliphatic hydroxyl groups excluding tert-OH is 1. The number of nitrogens with one attached hydrogen (secondary N) is 1. The van der Waals surface area contributed by atoms with Gasteiger partial charge in [0.05, 0.1) is 18.7 Å². The van der Waals surface area contributed by atoms with Gasteiger partial charge in [-0.3, -0.25) is 24.4 Å². The third-order valence-electron chi connectivity index (χ3n) is 5.62. The van der Waals surface area contributed by atoms with Crippen LogP contribution in [0.1, 0.15) is 26.7 Å². The summed E-state index contributed by atoms with van der Waals surface area (Å²) < 4.78 is 0.980. The number of piperazine rings is 1. The van der Waals surface area contributed by atoms with Gasteiger partial charge in [0.25, 0.3) is 0 Å². The van der Waals surface area contributed by atoms with E-state index < -0.39 is 0 Å². The summed E-state index contributed by atoms with van der Waals surface area (Å²) in [4.78, 5) is 33.3. The molecule has 3 rings (SSSR count). The molecule has 1 aromatic carbocycles. The van der Waals surface area contributed by atoms with Crippen LogP contribution in [0, 0.1) is 5.41 Å². The first kappa shape index (κ1) is 23.6. The van der Waals surface area contributed by atoms with Gasteiger partial charge < -0.3 is 10.4 Å². The number of nitrogens with zero attached hydrogens (tertiary/aromatic N) is 3. The van der Waals surface area contributed by atoms with Crippen LogP contribution in [-0.4, -0.2) is 78.6 Å². The second kappa shape index (κ2) is 10.5. The van der Waals surface area contributed by atoms with Gasteiger partial charge in [-0.05, 0) is 29.7 Å². The van der Waals surface area contributed by atoms with Gasteiger partial charge in [-0.25, -0.2) is 0 Å². The number of carbonyl (C=O) groups is 2. The molecule has 0 atom stereocenters. The largest absolute Gasteiger partial charge is 0.511 e. The van der Waals surface area contributed by atoms with E-state index in [4.69, 9.17) is 0 Å². The lowest BCUT2D eigenvalue weighted by Crippen LogP contribution is -2.49. The molecule has 1 aliphatic carbocycles. The number of amides is 1. The number of benzene rings is 1. The molecule has 168 valence electrons. The van der Waals surface area contributed by atoms with E-state index in [-0.39, 0.29) is 22.9 Å². The molecule has 0 radical (unpaired) electrons. The van der Waals surface area contributed by atoms with Crippen molar-refractivity contribution in [2.24, 2.45) is 10.4 Å². The second-order valence-electron chi connectivity index (χ2n) is 9.01. The van der Waals surface area contributed by atoms with Crippen LogP contribution in [0.25, 0.3) is 0 Å². The van der Waals surface area contributed by atoms with Crippen molar-refractivity contribution in [1.82, 2.24) is 9.80 Å².